The number of benzene rings is 1. The molecule has 0 aliphatic rings. The first-order valence-corrected chi connectivity index (χ1v) is 8.41. The Morgan fingerprint density at radius 3 is 2.80 bits per heavy atom. The number of fused-ring (bicyclic) bond motifs is 2. The van der Waals surface area contributed by atoms with Gasteiger partial charge in [0.25, 0.3) is 0 Å². The molecule has 0 unspecified atom stereocenters. The average Bonchev–Trinajstić information content (AvgIpc) is 3.13. The first-order valence-electron chi connectivity index (χ1n) is 8.41. The molecule has 25 heavy (non-hydrogen) atoms. The van der Waals surface area contributed by atoms with Crippen LogP contribution < -0.4 is 0 Å². The summed E-state index contributed by atoms with van der Waals surface area (Å²) in [4.78, 5) is 17.5. The number of aromatic amines is 2. The van der Waals surface area contributed by atoms with Crippen LogP contribution in [-0.4, -0.2) is 50.6 Å². The fraction of sp³-hybridized carbons (Fsp3) is 0.263. The number of H-pyrrole nitrogens is 2. The molecular formula is C19H21N5O. The summed E-state index contributed by atoms with van der Waals surface area (Å²) in [6.07, 6.45) is 3.95. The van der Waals surface area contributed by atoms with Crippen LogP contribution in [0.5, 0.6) is 5.88 Å². The van der Waals surface area contributed by atoms with Gasteiger partial charge in [-0.1, -0.05) is 18.2 Å². The van der Waals surface area contributed by atoms with Crippen LogP contribution in [0, 0.1) is 0 Å². The van der Waals surface area contributed by atoms with Gasteiger partial charge in [-0.05, 0) is 51.2 Å². The normalized spacial score (nSPS) is 11.8. The minimum Gasteiger partial charge on any atom is -0.494 e. The quantitative estimate of drug-likeness (QED) is 0.523. The Morgan fingerprint density at radius 2 is 1.96 bits per heavy atom. The van der Waals surface area contributed by atoms with Crippen molar-refractivity contribution in [1.29, 1.82) is 0 Å². The number of hydrogen-bond donors (Lipinski definition) is 3. The van der Waals surface area contributed by atoms with Crippen LogP contribution in [0.1, 0.15) is 12.0 Å². The minimum absolute atomic E-state index is 0.117. The van der Waals surface area contributed by atoms with E-state index in [1.807, 2.05) is 30.5 Å². The number of hydrogen-bond acceptors (Lipinski definition) is 4. The molecule has 0 atom stereocenters. The van der Waals surface area contributed by atoms with Crippen molar-refractivity contribution in [2.24, 2.45) is 0 Å². The second kappa shape index (κ2) is 6.22. The maximum absolute atomic E-state index is 10.3. The maximum atomic E-state index is 10.3. The predicted octanol–water partition coefficient (Wildman–Crippen LogP) is 3.31. The van der Waals surface area contributed by atoms with Gasteiger partial charge in [-0.3, -0.25) is 0 Å². The number of aryl methyl sites for hydroxylation is 1. The molecule has 0 saturated heterocycles. The summed E-state index contributed by atoms with van der Waals surface area (Å²) >= 11 is 0. The molecule has 0 amide bonds. The Morgan fingerprint density at radius 1 is 1.12 bits per heavy atom. The Bertz CT molecular complexity index is 1030. The number of pyridine rings is 1. The highest BCUT2D eigenvalue weighted by Gasteiger charge is 2.16. The zero-order chi connectivity index (χ0) is 17.4. The van der Waals surface area contributed by atoms with Gasteiger partial charge in [0.1, 0.15) is 5.82 Å². The molecule has 3 N–H and O–H groups in total. The summed E-state index contributed by atoms with van der Waals surface area (Å²) in [6, 6.07) is 9.88. The number of rotatable bonds is 5. The monoisotopic (exact) mass is 335 g/mol. The van der Waals surface area contributed by atoms with Gasteiger partial charge >= 0.3 is 0 Å². The largest absolute Gasteiger partial charge is 0.494 e. The molecule has 6 nitrogen and oxygen atoms in total. The van der Waals surface area contributed by atoms with E-state index in [0.717, 1.165) is 35.8 Å². The van der Waals surface area contributed by atoms with Gasteiger partial charge in [0.05, 0.1) is 11.1 Å². The second-order valence-corrected chi connectivity index (χ2v) is 6.60. The number of aromatic nitrogens is 4. The molecular weight excluding hydrogens is 314 g/mol. The van der Waals surface area contributed by atoms with Gasteiger partial charge < -0.3 is 20.0 Å². The Kier molecular flexibility index (Phi) is 3.89. The van der Waals surface area contributed by atoms with Crippen LogP contribution in [0.4, 0.5) is 0 Å². The molecule has 0 saturated carbocycles. The van der Waals surface area contributed by atoms with E-state index < -0.39 is 0 Å². The second-order valence-electron chi connectivity index (χ2n) is 6.60. The van der Waals surface area contributed by atoms with Gasteiger partial charge in [-0.15, -0.1) is 0 Å². The average molecular weight is 335 g/mol. The number of nitrogens with zero attached hydrogens (tertiary/aromatic N) is 3. The molecule has 1 aromatic carbocycles. The number of imidazole rings is 1. The molecule has 6 heteroatoms. The summed E-state index contributed by atoms with van der Waals surface area (Å²) in [5, 5.41) is 11.2. The molecule has 3 aromatic heterocycles. The summed E-state index contributed by atoms with van der Waals surface area (Å²) in [5.74, 6) is 0.745. The van der Waals surface area contributed by atoms with Crippen molar-refractivity contribution in [3.63, 3.8) is 0 Å². The third-order valence-corrected chi connectivity index (χ3v) is 4.39. The molecule has 0 radical (unpaired) electrons. The minimum atomic E-state index is 0.117. The highest BCUT2D eigenvalue weighted by Crippen LogP contribution is 2.35. The van der Waals surface area contributed by atoms with Gasteiger partial charge in [0, 0.05) is 17.1 Å². The van der Waals surface area contributed by atoms with E-state index in [4.69, 9.17) is 0 Å². The fourth-order valence-corrected chi connectivity index (χ4v) is 3.17. The summed E-state index contributed by atoms with van der Waals surface area (Å²) in [6.45, 7) is 1.05. The smallest absolute Gasteiger partial charge is 0.200 e. The van der Waals surface area contributed by atoms with Gasteiger partial charge in [-0.2, -0.15) is 0 Å². The van der Waals surface area contributed by atoms with Crippen LogP contribution in [0.15, 0.2) is 36.5 Å². The molecule has 0 fully saturated rings. The van der Waals surface area contributed by atoms with Gasteiger partial charge in [-0.25, -0.2) is 9.97 Å². The van der Waals surface area contributed by atoms with Crippen molar-refractivity contribution < 1.29 is 5.11 Å². The molecule has 3 heterocycles. The molecule has 4 rings (SSSR count). The highest BCUT2D eigenvalue weighted by atomic mass is 16.3. The SMILES string of the molecule is CN(C)CCCc1cnc2nc(-c3c(O)[nH]c4ccccc34)[nH]c2c1. The van der Waals surface area contributed by atoms with E-state index in [1.54, 1.807) is 0 Å². The molecule has 0 spiro atoms. The first-order chi connectivity index (χ1) is 12.1. The number of para-hydroxylation sites is 1. The topological polar surface area (TPSA) is 80.8 Å². The molecule has 0 bridgehead atoms. The van der Waals surface area contributed by atoms with E-state index in [-0.39, 0.29) is 5.88 Å². The van der Waals surface area contributed by atoms with Crippen LogP contribution >= 0.6 is 0 Å². The third kappa shape index (κ3) is 2.96. The number of nitrogens with one attached hydrogen (secondary N) is 2. The lowest BCUT2D eigenvalue weighted by Crippen LogP contribution is -2.13. The van der Waals surface area contributed by atoms with Crippen LogP contribution in [-0.2, 0) is 6.42 Å². The predicted molar refractivity (Wildman–Crippen MR) is 99.7 cm³/mol. The molecule has 0 aliphatic carbocycles. The third-order valence-electron chi connectivity index (χ3n) is 4.39. The van der Waals surface area contributed by atoms with E-state index in [9.17, 15) is 5.11 Å². The molecule has 4 aromatic rings. The summed E-state index contributed by atoms with van der Waals surface area (Å²) in [5.41, 5.74) is 4.31. The van der Waals surface area contributed by atoms with E-state index in [1.165, 1.54) is 5.56 Å². The first kappa shape index (κ1) is 15.7. The van der Waals surface area contributed by atoms with E-state index in [2.05, 4.69) is 45.0 Å². The number of aromatic hydroxyl groups is 1. The van der Waals surface area contributed by atoms with Crippen molar-refractivity contribution in [1.82, 2.24) is 24.8 Å². The van der Waals surface area contributed by atoms with Crippen molar-refractivity contribution in [3.8, 4) is 17.3 Å². The lowest BCUT2D eigenvalue weighted by atomic mass is 10.1. The summed E-state index contributed by atoms with van der Waals surface area (Å²) in [7, 11) is 4.16. The fourth-order valence-electron chi connectivity index (χ4n) is 3.17. The van der Waals surface area contributed by atoms with Crippen LogP contribution in [0.2, 0.25) is 0 Å². The van der Waals surface area contributed by atoms with Crippen molar-refractivity contribution in [3.05, 3.63) is 42.1 Å². The maximum Gasteiger partial charge on any atom is 0.200 e. The zero-order valence-electron chi connectivity index (χ0n) is 14.4. The van der Waals surface area contributed by atoms with Gasteiger partial charge in [0.15, 0.2) is 5.65 Å². The standard InChI is InChI=1S/C19H21N5O/c1-24(2)9-5-6-12-10-15-17(20-11-12)23-18(21-15)16-13-7-3-4-8-14(13)22-19(16)25/h3-4,7-8,10-11,22,25H,5-6,9H2,1-2H3,(H,20,21,23). The Balaban J connectivity index is 1.70. The Labute approximate surface area is 145 Å². The summed E-state index contributed by atoms with van der Waals surface area (Å²) < 4.78 is 0. The lowest BCUT2D eigenvalue weighted by molar-refractivity contribution is 0.400. The van der Waals surface area contributed by atoms with Gasteiger partial charge in [0.2, 0.25) is 5.88 Å². The zero-order valence-corrected chi connectivity index (χ0v) is 14.4. The lowest BCUT2D eigenvalue weighted by Gasteiger charge is -2.08. The Hall–Kier alpha value is -2.86. The van der Waals surface area contributed by atoms with Crippen LogP contribution in [0.3, 0.4) is 0 Å². The highest BCUT2D eigenvalue weighted by molar-refractivity contribution is 5.98. The van der Waals surface area contributed by atoms with Crippen molar-refractivity contribution in [2.45, 2.75) is 12.8 Å². The van der Waals surface area contributed by atoms with Crippen molar-refractivity contribution in [2.75, 3.05) is 20.6 Å². The van der Waals surface area contributed by atoms with E-state index >= 15 is 0 Å². The molecule has 0 aliphatic heterocycles. The molecule has 128 valence electrons. The van der Waals surface area contributed by atoms with Crippen LogP contribution in [0.25, 0.3) is 33.5 Å². The van der Waals surface area contributed by atoms with Crippen molar-refractivity contribution >= 4 is 22.1 Å². The van der Waals surface area contributed by atoms with E-state index in [0.29, 0.717) is 17.0 Å².